The molecule has 0 radical (unpaired) electrons. The Bertz CT molecular complexity index is 460. The second kappa shape index (κ2) is 4.08. The second-order valence-corrected chi connectivity index (χ2v) is 3.61. The van der Waals surface area contributed by atoms with Crippen molar-refractivity contribution in [1.29, 1.82) is 0 Å². The first-order valence-corrected chi connectivity index (χ1v) is 5.45. The summed E-state index contributed by atoms with van der Waals surface area (Å²) in [5.74, 6) is 0.602. The number of esters is 1. The lowest BCUT2D eigenvalue weighted by molar-refractivity contribution is 0.0598. The summed E-state index contributed by atoms with van der Waals surface area (Å²) in [5.41, 5.74) is 2.25. The van der Waals surface area contributed by atoms with Crippen molar-refractivity contribution in [2.75, 3.05) is 7.11 Å². The van der Waals surface area contributed by atoms with Gasteiger partial charge in [0.2, 0.25) is 0 Å². The van der Waals surface area contributed by atoms with Crippen LogP contribution in [0.2, 0.25) is 0 Å². The monoisotopic (exact) mass is 221 g/mol. The van der Waals surface area contributed by atoms with Crippen LogP contribution in [-0.4, -0.2) is 28.7 Å². The van der Waals surface area contributed by atoms with E-state index in [1.807, 2.05) is 13.8 Å². The van der Waals surface area contributed by atoms with Crippen LogP contribution < -0.4 is 0 Å². The molecule has 0 saturated carbocycles. The molecule has 0 amide bonds. The van der Waals surface area contributed by atoms with Gasteiger partial charge >= 0.3 is 5.97 Å². The summed E-state index contributed by atoms with van der Waals surface area (Å²) >= 11 is 0. The van der Waals surface area contributed by atoms with Crippen LogP contribution in [0.1, 0.15) is 42.0 Å². The molecule has 1 aromatic heterocycles. The number of aryl methyl sites for hydroxylation is 1. The van der Waals surface area contributed by atoms with Crippen LogP contribution in [0.4, 0.5) is 0 Å². The predicted octanol–water partition coefficient (Wildman–Crippen LogP) is 1.40. The Labute approximate surface area is 94.1 Å². The summed E-state index contributed by atoms with van der Waals surface area (Å²) in [4.78, 5) is 16.0. The minimum atomic E-state index is -0.314. The Morgan fingerprint density at radius 1 is 1.44 bits per heavy atom. The zero-order valence-electron chi connectivity index (χ0n) is 9.78. The fourth-order valence-corrected chi connectivity index (χ4v) is 1.94. The number of rotatable bonds is 3. The van der Waals surface area contributed by atoms with Gasteiger partial charge < -0.3 is 4.74 Å². The predicted molar refractivity (Wildman–Crippen MR) is 59.8 cm³/mol. The van der Waals surface area contributed by atoms with Gasteiger partial charge in [-0.15, -0.1) is 0 Å². The molecule has 0 aromatic carbocycles. The number of hydrogen-bond donors (Lipinski definition) is 0. The molecule has 1 aliphatic rings. The molecule has 2 rings (SSSR count). The van der Waals surface area contributed by atoms with E-state index in [-0.39, 0.29) is 5.97 Å². The van der Waals surface area contributed by atoms with Gasteiger partial charge in [0.15, 0.2) is 0 Å². The van der Waals surface area contributed by atoms with Crippen molar-refractivity contribution in [1.82, 2.24) is 9.78 Å². The van der Waals surface area contributed by atoms with Crippen molar-refractivity contribution in [2.24, 2.45) is 4.99 Å². The van der Waals surface area contributed by atoms with E-state index in [1.54, 1.807) is 4.68 Å². The molecular formula is C11H15N3O2. The lowest BCUT2D eigenvalue weighted by Crippen LogP contribution is -2.10. The molecule has 0 atom stereocenters. The molecule has 1 aromatic rings. The Morgan fingerprint density at radius 2 is 2.19 bits per heavy atom. The smallest absolute Gasteiger partial charge is 0.341 e. The van der Waals surface area contributed by atoms with E-state index in [0.29, 0.717) is 12.1 Å². The van der Waals surface area contributed by atoms with Crippen LogP contribution in [-0.2, 0) is 17.7 Å². The highest BCUT2D eigenvalue weighted by Gasteiger charge is 2.27. The summed E-state index contributed by atoms with van der Waals surface area (Å²) < 4.78 is 6.57. The molecule has 5 heteroatoms. The lowest BCUT2D eigenvalue weighted by atomic mass is 10.1. The van der Waals surface area contributed by atoms with Crippen LogP contribution >= 0.6 is 0 Å². The third kappa shape index (κ3) is 1.43. The zero-order chi connectivity index (χ0) is 11.7. The van der Waals surface area contributed by atoms with Gasteiger partial charge in [-0.3, -0.25) is 4.99 Å². The molecular weight excluding hydrogens is 206 g/mol. The minimum Gasteiger partial charge on any atom is -0.465 e. The molecule has 86 valence electrons. The zero-order valence-corrected chi connectivity index (χ0v) is 9.78. The Hall–Kier alpha value is -1.65. The van der Waals surface area contributed by atoms with E-state index in [0.717, 1.165) is 30.1 Å². The van der Waals surface area contributed by atoms with Gasteiger partial charge in [-0.2, -0.15) is 5.10 Å². The molecule has 16 heavy (non-hydrogen) atoms. The van der Waals surface area contributed by atoms with Gasteiger partial charge in [0.05, 0.1) is 25.0 Å². The Balaban J connectivity index is 2.52. The molecule has 1 aliphatic heterocycles. The highest BCUT2D eigenvalue weighted by molar-refractivity contribution is 5.95. The highest BCUT2D eigenvalue weighted by Crippen LogP contribution is 2.22. The number of methoxy groups -OCH3 is 1. The normalized spacial score (nSPS) is 13.6. The average Bonchev–Trinajstić information content (AvgIpc) is 2.85. The molecule has 0 spiro atoms. The minimum absolute atomic E-state index is 0.314. The fourth-order valence-electron chi connectivity index (χ4n) is 1.94. The van der Waals surface area contributed by atoms with Crippen LogP contribution in [0.15, 0.2) is 4.99 Å². The van der Waals surface area contributed by atoms with E-state index in [9.17, 15) is 4.79 Å². The van der Waals surface area contributed by atoms with E-state index in [2.05, 4.69) is 10.1 Å². The van der Waals surface area contributed by atoms with E-state index in [4.69, 9.17) is 4.74 Å². The van der Waals surface area contributed by atoms with Crippen molar-refractivity contribution in [3.8, 4) is 0 Å². The van der Waals surface area contributed by atoms with Crippen molar-refractivity contribution >= 4 is 11.8 Å². The van der Waals surface area contributed by atoms with Gasteiger partial charge in [0.25, 0.3) is 0 Å². The summed E-state index contributed by atoms with van der Waals surface area (Å²) in [6.07, 6.45) is 1.54. The van der Waals surface area contributed by atoms with Gasteiger partial charge in [0.1, 0.15) is 11.4 Å². The standard InChI is InChI=1S/C11H15N3O2/c1-4-7-10(11(15)16-3)8-6-12-9(5-2)14(8)13-7/h4-6H2,1-3H3. The molecule has 0 bridgehead atoms. The molecule has 0 N–H and O–H groups in total. The van der Waals surface area contributed by atoms with Gasteiger partial charge in [-0.05, 0) is 6.42 Å². The molecule has 0 saturated heterocycles. The van der Waals surface area contributed by atoms with Crippen molar-refractivity contribution in [2.45, 2.75) is 33.2 Å². The Kier molecular flexibility index (Phi) is 2.77. The number of ether oxygens (including phenoxy) is 1. The summed E-state index contributed by atoms with van der Waals surface area (Å²) in [7, 11) is 1.39. The maximum atomic E-state index is 11.7. The van der Waals surface area contributed by atoms with Crippen LogP contribution in [0, 0.1) is 0 Å². The van der Waals surface area contributed by atoms with Crippen LogP contribution in [0.25, 0.3) is 0 Å². The summed E-state index contributed by atoms with van der Waals surface area (Å²) in [6, 6.07) is 0. The average molecular weight is 221 g/mol. The number of aliphatic imine (C=N–C) groups is 1. The number of hydrogen-bond acceptors (Lipinski definition) is 4. The SMILES string of the molecule is CCC1=NCc2c(C(=O)OC)c(CC)nn21. The highest BCUT2D eigenvalue weighted by atomic mass is 16.5. The number of fused-ring (bicyclic) bond motifs is 1. The molecule has 0 fully saturated rings. The van der Waals surface area contributed by atoms with Crippen LogP contribution in [0.5, 0.6) is 0 Å². The lowest BCUT2D eigenvalue weighted by Gasteiger charge is -1.99. The van der Waals surface area contributed by atoms with E-state index < -0.39 is 0 Å². The topological polar surface area (TPSA) is 56.5 Å². The first-order chi connectivity index (χ1) is 7.72. The maximum absolute atomic E-state index is 11.7. The van der Waals surface area contributed by atoms with Crippen LogP contribution in [0.3, 0.4) is 0 Å². The quantitative estimate of drug-likeness (QED) is 0.725. The van der Waals surface area contributed by atoms with Gasteiger partial charge in [-0.25, -0.2) is 9.48 Å². The van der Waals surface area contributed by atoms with Crippen molar-refractivity contribution in [3.05, 3.63) is 17.0 Å². The van der Waals surface area contributed by atoms with E-state index in [1.165, 1.54) is 7.11 Å². The molecule has 0 unspecified atom stereocenters. The first-order valence-electron chi connectivity index (χ1n) is 5.45. The Morgan fingerprint density at radius 3 is 2.75 bits per heavy atom. The third-order valence-corrected chi connectivity index (χ3v) is 2.75. The second-order valence-electron chi connectivity index (χ2n) is 3.61. The first kappa shape index (κ1) is 10.9. The fraction of sp³-hybridized carbons (Fsp3) is 0.545. The molecule has 5 nitrogen and oxygen atoms in total. The third-order valence-electron chi connectivity index (χ3n) is 2.75. The van der Waals surface area contributed by atoms with Crippen molar-refractivity contribution < 1.29 is 9.53 Å². The number of aromatic nitrogens is 2. The van der Waals surface area contributed by atoms with Crippen molar-refractivity contribution in [3.63, 3.8) is 0 Å². The molecule has 2 heterocycles. The number of carbonyl (C=O) groups excluding carboxylic acids is 1. The van der Waals surface area contributed by atoms with E-state index >= 15 is 0 Å². The van der Waals surface area contributed by atoms with Gasteiger partial charge in [0, 0.05) is 6.42 Å². The number of carbonyl (C=O) groups is 1. The largest absolute Gasteiger partial charge is 0.465 e. The molecule has 0 aliphatic carbocycles. The maximum Gasteiger partial charge on any atom is 0.341 e. The summed E-state index contributed by atoms with van der Waals surface area (Å²) in [5, 5.41) is 4.42. The number of nitrogens with zero attached hydrogens (tertiary/aromatic N) is 3. The summed E-state index contributed by atoms with van der Waals surface area (Å²) in [6.45, 7) is 4.53. The van der Waals surface area contributed by atoms with Gasteiger partial charge in [-0.1, -0.05) is 13.8 Å².